The van der Waals surface area contributed by atoms with Crippen molar-refractivity contribution in [3.05, 3.63) is 75.6 Å². The molecule has 42 heavy (non-hydrogen) atoms. The third-order valence-electron chi connectivity index (χ3n) is 8.33. The number of allylic oxidation sites excluding steroid dienone is 4. The molecule has 222 valence electrons. The number of rotatable bonds is 7. The van der Waals surface area contributed by atoms with Crippen LogP contribution in [0.4, 0.5) is 5.69 Å². The molecular formula is C34H39ClN2O5. The van der Waals surface area contributed by atoms with Gasteiger partial charge in [0.1, 0.15) is 0 Å². The predicted molar refractivity (Wildman–Crippen MR) is 164 cm³/mol. The molecule has 0 atom stereocenters. The molecule has 5 rings (SSSR count). The number of nitrogens with one attached hydrogen (secondary N) is 1. The molecule has 2 aromatic carbocycles. The number of ketones is 2. The van der Waals surface area contributed by atoms with Crippen molar-refractivity contribution in [2.75, 3.05) is 25.6 Å². The summed E-state index contributed by atoms with van der Waals surface area (Å²) in [5, 5.41) is 3.03. The van der Waals surface area contributed by atoms with E-state index in [0.29, 0.717) is 47.5 Å². The summed E-state index contributed by atoms with van der Waals surface area (Å²) in [7, 11) is 1.50. The fourth-order valence-electron chi connectivity index (χ4n) is 6.67. The van der Waals surface area contributed by atoms with E-state index in [4.69, 9.17) is 21.1 Å². The van der Waals surface area contributed by atoms with Gasteiger partial charge in [-0.25, -0.2) is 0 Å². The normalized spacial score (nSPS) is 19.8. The van der Waals surface area contributed by atoms with Crippen LogP contribution in [0.3, 0.4) is 0 Å². The molecule has 2 aromatic rings. The number of halogens is 1. The predicted octanol–water partition coefficient (Wildman–Crippen LogP) is 7.07. The second kappa shape index (κ2) is 11.3. The van der Waals surface area contributed by atoms with Crippen molar-refractivity contribution in [2.24, 2.45) is 10.8 Å². The highest BCUT2D eigenvalue weighted by Crippen LogP contribution is 2.55. The summed E-state index contributed by atoms with van der Waals surface area (Å²) in [6.07, 6.45) is 2.30. The average Bonchev–Trinajstić information content (AvgIpc) is 2.90. The van der Waals surface area contributed by atoms with E-state index >= 15 is 0 Å². The Morgan fingerprint density at radius 3 is 2.05 bits per heavy atom. The van der Waals surface area contributed by atoms with E-state index in [1.807, 2.05) is 18.2 Å². The highest BCUT2D eigenvalue weighted by Gasteiger charge is 2.48. The monoisotopic (exact) mass is 590 g/mol. The molecule has 2 aliphatic carbocycles. The van der Waals surface area contributed by atoms with E-state index in [1.165, 1.54) is 7.11 Å². The number of hydrogen-bond acceptors (Lipinski definition) is 6. The summed E-state index contributed by atoms with van der Waals surface area (Å²) < 4.78 is 11.5. The maximum Gasteiger partial charge on any atom is 0.262 e. The Bertz CT molecular complexity index is 1450. The minimum Gasteiger partial charge on any atom is -0.493 e. The molecule has 7 nitrogen and oxygen atoms in total. The number of methoxy groups -OCH3 is 1. The number of anilines is 1. The molecule has 0 spiro atoms. The van der Waals surface area contributed by atoms with E-state index in [2.05, 4.69) is 44.8 Å². The van der Waals surface area contributed by atoms with Crippen molar-refractivity contribution in [3.63, 3.8) is 0 Å². The van der Waals surface area contributed by atoms with Crippen LogP contribution in [0.5, 0.6) is 11.5 Å². The van der Waals surface area contributed by atoms with Crippen LogP contribution in [-0.2, 0) is 14.4 Å². The quantitative estimate of drug-likeness (QED) is 0.371. The molecule has 8 heteroatoms. The van der Waals surface area contributed by atoms with Gasteiger partial charge in [-0.15, -0.1) is 0 Å². The van der Waals surface area contributed by atoms with Gasteiger partial charge in [0.25, 0.3) is 5.91 Å². The zero-order valence-electron chi connectivity index (χ0n) is 25.2. The minimum absolute atomic E-state index is 0.0573. The molecular weight excluding hydrogens is 552 g/mol. The summed E-state index contributed by atoms with van der Waals surface area (Å²) in [5.41, 5.74) is 4.35. The molecule has 3 aliphatic rings. The maximum atomic E-state index is 13.9. The standard InChI is InChI=1S/C34H39ClN2O5/c1-7-37-23-15-33(2,3)17-25(38)30(23)29(31-24(37)16-34(4,5)18-26(31)39)20-13-22(35)32(27(14-20)41-6)42-19-28(40)36-21-11-9-8-10-12-21/h8-14,29H,7,15-19H2,1-6H3,(H,36,40). The third-order valence-corrected chi connectivity index (χ3v) is 8.61. The number of ether oxygens (including phenoxy) is 2. The van der Waals surface area contributed by atoms with Gasteiger partial charge in [0.15, 0.2) is 29.7 Å². The smallest absolute Gasteiger partial charge is 0.262 e. The topological polar surface area (TPSA) is 84.9 Å². The summed E-state index contributed by atoms with van der Waals surface area (Å²) in [5.74, 6) is -0.214. The Kier molecular flexibility index (Phi) is 8.01. The lowest BCUT2D eigenvalue weighted by Crippen LogP contribution is -2.44. The second-order valence-electron chi connectivity index (χ2n) is 13.0. The lowest BCUT2D eigenvalue weighted by atomic mass is 9.63. The van der Waals surface area contributed by atoms with Crippen LogP contribution >= 0.6 is 11.6 Å². The van der Waals surface area contributed by atoms with Crippen LogP contribution in [-0.4, -0.2) is 42.6 Å². The summed E-state index contributed by atoms with van der Waals surface area (Å²) in [4.78, 5) is 42.5. The van der Waals surface area contributed by atoms with Crippen LogP contribution in [0.25, 0.3) is 0 Å². The van der Waals surface area contributed by atoms with Gasteiger partial charge >= 0.3 is 0 Å². The van der Waals surface area contributed by atoms with Crippen LogP contribution in [0.15, 0.2) is 65.0 Å². The molecule has 0 aromatic heterocycles. The Morgan fingerprint density at radius 2 is 1.52 bits per heavy atom. The lowest BCUT2D eigenvalue weighted by Gasteiger charge is -2.49. The minimum atomic E-state index is -0.549. The zero-order valence-corrected chi connectivity index (χ0v) is 26.0. The number of benzene rings is 2. The Balaban J connectivity index is 1.57. The Labute approximate surface area is 252 Å². The number of carbonyl (C=O) groups is 3. The Morgan fingerprint density at radius 1 is 0.952 bits per heavy atom. The molecule has 0 saturated heterocycles. The zero-order chi connectivity index (χ0) is 30.4. The van der Waals surface area contributed by atoms with E-state index in [9.17, 15) is 14.4 Å². The van der Waals surface area contributed by atoms with Gasteiger partial charge in [0, 0.05) is 53.5 Å². The molecule has 1 heterocycles. The molecule has 0 fully saturated rings. The summed E-state index contributed by atoms with van der Waals surface area (Å²) in [6, 6.07) is 12.6. The average molecular weight is 591 g/mol. The highest BCUT2D eigenvalue weighted by molar-refractivity contribution is 6.32. The number of hydrogen-bond donors (Lipinski definition) is 1. The van der Waals surface area contributed by atoms with Gasteiger partial charge in [-0.2, -0.15) is 0 Å². The van der Waals surface area contributed by atoms with Crippen molar-refractivity contribution < 1.29 is 23.9 Å². The van der Waals surface area contributed by atoms with Gasteiger partial charge in [0.2, 0.25) is 0 Å². The van der Waals surface area contributed by atoms with Crippen LogP contribution in [0, 0.1) is 10.8 Å². The molecule has 1 aliphatic heterocycles. The molecule has 1 N–H and O–H groups in total. The lowest BCUT2D eigenvalue weighted by molar-refractivity contribution is -0.120. The fourth-order valence-corrected chi connectivity index (χ4v) is 6.94. The van der Waals surface area contributed by atoms with Crippen molar-refractivity contribution in [1.29, 1.82) is 0 Å². The summed E-state index contributed by atoms with van der Waals surface area (Å²) in [6.45, 7) is 11.0. The highest BCUT2D eigenvalue weighted by atomic mass is 35.5. The van der Waals surface area contributed by atoms with Gasteiger partial charge < -0.3 is 19.7 Å². The SMILES string of the molecule is CCN1C2=C(C(=O)CC(C)(C)C2)C(c2cc(Cl)c(OCC(=O)Nc3ccccc3)c(OC)c2)C2=C1CC(C)(C)CC2=O. The summed E-state index contributed by atoms with van der Waals surface area (Å²) >= 11 is 6.80. The number of nitrogens with zero attached hydrogens (tertiary/aromatic N) is 1. The van der Waals surface area contributed by atoms with Crippen molar-refractivity contribution >= 4 is 34.8 Å². The van der Waals surface area contributed by atoms with Crippen LogP contribution in [0.1, 0.15) is 71.8 Å². The molecule has 0 radical (unpaired) electrons. The number of para-hydroxylation sites is 1. The molecule has 0 bridgehead atoms. The number of Topliss-reactive ketones (excluding diaryl/α,β-unsaturated/α-hetero) is 2. The van der Waals surface area contributed by atoms with E-state index < -0.39 is 5.92 Å². The second-order valence-corrected chi connectivity index (χ2v) is 13.4. The first-order chi connectivity index (χ1) is 19.8. The van der Waals surface area contributed by atoms with Crippen molar-refractivity contribution in [2.45, 2.75) is 66.2 Å². The fraction of sp³-hybridized carbons (Fsp3) is 0.441. The number of carbonyl (C=O) groups excluding carboxylic acids is 3. The van der Waals surface area contributed by atoms with Crippen molar-refractivity contribution in [3.8, 4) is 11.5 Å². The maximum absolute atomic E-state index is 13.9. The van der Waals surface area contributed by atoms with Crippen LogP contribution < -0.4 is 14.8 Å². The van der Waals surface area contributed by atoms with Gasteiger partial charge in [0.05, 0.1) is 12.1 Å². The first kappa shape index (κ1) is 29.9. The molecule has 0 unspecified atom stereocenters. The van der Waals surface area contributed by atoms with Gasteiger partial charge in [-0.1, -0.05) is 57.5 Å². The van der Waals surface area contributed by atoms with Gasteiger partial charge in [-0.05, 0) is 60.4 Å². The first-order valence-corrected chi connectivity index (χ1v) is 14.9. The third kappa shape index (κ3) is 5.71. The first-order valence-electron chi connectivity index (χ1n) is 14.5. The number of amides is 1. The van der Waals surface area contributed by atoms with Gasteiger partial charge in [-0.3, -0.25) is 14.4 Å². The van der Waals surface area contributed by atoms with Crippen LogP contribution in [0.2, 0.25) is 5.02 Å². The largest absolute Gasteiger partial charge is 0.493 e. The molecule has 0 saturated carbocycles. The van der Waals surface area contributed by atoms with E-state index in [-0.39, 0.29) is 45.7 Å². The van der Waals surface area contributed by atoms with E-state index in [1.54, 1.807) is 24.3 Å². The van der Waals surface area contributed by atoms with Crippen molar-refractivity contribution in [1.82, 2.24) is 4.90 Å². The molecule has 1 amide bonds. The Hall–Kier alpha value is -3.58. The van der Waals surface area contributed by atoms with E-state index in [0.717, 1.165) is 24.2 Å².